The van der Waals surface area contributed by atoms with Gasteiger partial charge in [-0.15, -0.1) is 0 Å². The average Bonchev–Trinajstić information content (AvgIpc) is 2.79. The van der Waals surface area contributed by atoms with Gasteiger partial charge in [0.25, 0.3) is 0 Å². The fourth-order valence-corrected chi connectivity index (χ4v) is 3.68. The van der Waals surface area contributed by atoms with Crippen molar-refractivity contribution in [3.05, 3.63) is 40.7 Å². The van der Waals surface area contributed by atoms with Gasteiger partial charge >= 0.3 is 0 Å². The van der Waals surface area contributed by atoms with Crippen molar-refractivity contribution < 1.29 is 8.42 Å². The van der Waals surface area contributed by atoms with E-state index < -0.39 is 10.0 Å². The number of nitrogen functional groups attached to an aromatic ring is 1. The molecule has 0 fully saturated rings. The Bertz CT molecular complexity index is 770. The number of sulfonamides is 1. The standard InChI is InChI=1S/C13H17ClN4O2S/c1-9-4-11(14)13(5-12(9)15)21(19,20)18(3)8-10-6-16-17(2)7-10/h4-7H,8,15H2,1-3H3. The van der Waals surface area contributed by atoms with Crippen molar-refractivity contribution in [2.75, 3.05) is 12.8 Å². The first-order valence-corrected chi connectivity index (χ1v) is 8.03. The lowest BCUT2D eigenvalue weighted by atomic mass is 10.2. The Morgan fingerprint density at radius 3 is 2.67 bits per heavy atom. The van der Waals surface area contributed by atoms with Gasteiger partial charge in [0.2, 0.25) is 10.0 Å². The molecule has 114 valence electrons. The second-order valence-electron chi connectivity index (χ2n) is 4.92. The minimum atomic E-state index is -3.71. The van der Waals surface area contributed by atoms with Crippen LogP contribution in [0.15, 0.2) is 29.4 Å². The molecule has 0 amide bonds. The van der Waals surface area contributed by atoms with E-state index in [0.29, 0.717) is 5.69 Å². The first kappa shape index (κ1) is 15.8. The molecule has 8 heteroatoms. The topological polar surface area (TPSA) is 81.2 Å². The van der Waals surface area contributed by atoms with Crippen LogP contribution in [0.4, 0.5) is 5.69 Å². The smallest absolute Gasteiger partial charge is 0.244 e. The second-order valence-corrected chi connectivity index (χ2v) is 7.34. The normalized spacial score (nSPS) is 12.0. The van der Waals surface area contributed by atoms with Crippen molar-refractivity contribution in [2.24, 2.45) is 7.05 Å². The molecular weight excluding hydrogens is 312 g/mol. The van der Waals surface area contributed by atoms with Crippen LogP contribution in [-0.2, 0) is 23.6 Å². The molecule has 0 spiro atoms. The summed E-state index contributed by atoms with van der Waals surface area (Å²) in [6.45, 7) is 1.98. The minimum absolute atomic E-state index is 0.0126. The highest BCUT2D eigenvalue weighted by molar-refractivity contribution is 7.89. The van der Waals surface area contributed by atoms with Crippen LogP contribution in [-0.4, -0.2) is 29.6 Å². The largest absolute Gasteiger partial charge is 0.398 e. The number of halogens is 1. The second kappa shape index (κ2) is 5.67. The molecule has 21 heavy (non-hydrogen) atoms. The number of nitrogens with two attached hydrogens (primary N) is 1. The number of hydrogen-bond acceptors (Lipinski definition) is 4. The first-order chi connectivity index (χ1) is 9.71. The van der Waals surface area contributed by atoms with Crippen molar-refractivity contribution >= 4 is 27.3 Å². The van der Waals surface area contributed by atoms with Gasteiger partial charge in [-0.05, 0) is 24.6 Å². The van der Waals surface area contributed by atoms with E-state index in [1.807, 2.05) is 0 Å². The van der Waals surface area contributed by atoms with E-state index in [1.165, 1.54) is 17.4 Å². The molecule has 1 aromatic carbocycles. The number of anilines is 1. The monoisotopic (exact) mass is 328 g/mol. The van der Waals surface area contributed by atoms with Crippen molar-refractivity contribution in [1.29, 1.82) is 0 Å². The maximum atomic E-state index is 12.6. The van der Waals surface area contributed by atoms with Gasteiger partial charge in [0, 0.05) is 38.1 Å². The molecule has 6 nitrogen and oxygen atoms in total. The molecule has 0 radical (unpaired) electrons. The number of aryl methyl sites for hydroxylation is 2. The third-order valence-electron chi connectivity index (χ3n) is 3.17. The van der Waals surface area contributed by atoms with Gasteiger partial charge in [-0.25, -0.2) is 8.42 Å². The quantitative estimate of drug-likeness (QED) is 0.867. The molecule has 0 unspecified atom stereocenters. The molecule has 2 N–H and O–H groups in total. The lowest BCUT2D eigenvalue weighted by Crippen LogP contribution is -2.26. The summed E-state index contributed by atoms with van der Waals surface area (Å²) in [5.41, 5.74) is 7.72. The van der Waals surface area contributed by atoms with Gasteiger partial charge in [-0.1, -0.05) is 11.6 Å². The van der Waals surface area contributed by atoms with Crippen LogP contribution in [0.1, 0.15) is 11.1 Å². The fraction of sp³-hybridized carbons (Fsp3) is 0.308. The van der Waals surface area contributed by atoms with Gasteiger partial charge in [0.1, 0.15) is 4.90 Å². The number of benzene rings is 1. The summed E-state index contributed by atoms with van der Waals surface area (Å²) in [6, 6.07) is 2.95. The summed E-state index contributed by atoms with van der Waals surface area (Å²) in [4.78, 5) is 0.0126. The molecular formula is C13H17ClN4O2S. The predicted molar refractivity (Wildman–Crippen MR) is 82.5 cm³/mol. The Morgan fingerprint density at radius 2 is 2.10 bits per heavy atom. The number of aromatic nitrogens is 2. The predicted octanol–water partition coefficient (Wildman–Crippen LogP) is 1.78. The zero-order valence-electron chi connectivity index (χ0n) is 12.0. The Labute approximate surface area is 129 Å². The van der Waals surface area contributed by atoms with Crippen molar-refractivity contribution in [3.63, 3.8) is 0 Å². The number of nitrogens with zero attached hydrogens (tertiary/aromatic N) is 3. The Morgan fingerprint density at radius 1 is 1.43 bits per heavy atom. The molecule has 0 aliphatic heterocycles. The van der Waals surface area contributed by atoms with Crippen molar-refractivity contribution in [3.8, 4) is 0 Å². The molecule has 1 aromatic heterocycles. The van der Waals surface area contributed by atoms with E-state index in [9.17, 15) is 8.42 Å². The lowest BCUT2D eigenvalue weighted by Gasteiger charge is -2.18. The third kappa shape index (κ3) is 3.20. The third-order valence-corrected chi connectivity index (χ3v) is 5.44. The SMILES string of the molecule is Cc1cc(Cl)c(S(=O)(=O)N(C)Cc2cnn(C)c2)cc1N. The summed E-state index contributed by atoms with van der Waals surface area (Å²) in [7, 11) is -0.445. The van der Waals surface area contributed by atoms with E-state index in [0.717, 1.165) is 11.1 Å². The molecule has 0 saturated carbocycles. The highest BCUT2D eigenvalue weighted by Gasteiger charge is 2.24. The number of rotatable bonds is 4. The van der Waals surface area contributed by atoms with Crippen LogP contribution in [0, 0.1) is 6.92 Å². The highest BCUT2D eigenvalue weighted by atomic mass is 35.5. The van der Waals surface area contributed by atoms with Gasteiger partial charge in [-0.2, -0.15) is 9.40 Å². The van der Waals surface area contributed by atoms with Gasteiger partial charge in [0.15, 0.2) is 0 Å². The molecule has 2 aromatic rings. The van der Waals surface area contributed by atoms with E-state index in [1.54, 1.807) is 37.1 Å². The minimum Gasteiger partial charge on any atom is -0.398 e. The summed E-state index contributed by atoms with van der Waals surface area (Å²) in [5.74, 6) is 0. The van der Waals surface area contributed by atoms with Gasteiger partial charge in [-0.3, -0.25) is 4.68 Å². The number of hydrogen-bond donors (Lipinski definition) is 1. The van der Waals surface area contributed by atoms with Gasteiger partial charge < -0.3 is 5.73 Å². The summed E-state index contributed by atoms with van der Waals surface area (Å²) in [6.07, 6.45) is 3.38. The molecule has 0 aliphatic rings. The Balaban J connectivity index is 2.35. The van der Waals surface area contributed by atoms with Crippen LogP contribution < -0.4 is 5.73 Å². The molecule has 2 rings (SSSR count). The zero-order chi connectivity index (χ0) is 15.8. The zero-order valence-corrected chi connectivity index (χ0v) is 13.6. The van der Waals surface area contributed by atoms with Crippen LogP contribution in [0.25, 0.3) is 0 Å². The summed E-state index contributed by atoms with van der Waals surface area (Å²) >= 11 is 6.06. The molecule has 1 heterocycles. The van der Waals surface area contributed by atoms with Crippen molar-refractivity contribution in [2.45, 2.75) is 18.4 Å². The highest BCUT2D eigenvalue weighted by Crippen LogP contribution is 2.29. The van der Waals surface area contributed by atoms with E-state index in [-0.39, 0.29) is 16.5 Å². The Kier molecular flexibility index (Phi) is 4.27. The van der Waals surface area contributed by atoms with Gasteiger partial charge in [0.05, 0.1) is 11.2 Å². The van der Waals surface area contributed by atoms with Crippen molar-refractivity contribution in [1.82, 2.24) is 14.1 Å². The summed E-state index contributed by atoms with van der Waals surface area (Å²) < 4.78 is 28.0. The van der Waals surface area contributed by atoms with Crippen LogP contribution in [0.5, 0.6) is 0 Å². The Hall–Kier alpha value is -1.57. The van der Waals surface area contributed by atoms with E-state index in [4.69, 9.17) is 17.3 Å². The summed E-state index contributed by atoms with van der Waals surface area (Å²) in [5, 5.41) is 4.18. The molecule has 0 saturated heterocycles. The van der Waals surface area contributed by atoms with E-state index in [2.05, 4.69) is 5.10 Å². The lowest BCUT2D eigenvalue weighted by molar-refractivity contribution is 0.466. The van der Waals surface area contributed by atoms with Crippen LogP contribution in [0.3, 0.4) is 0 Å². The molecule has 0 atom stereocenters. The maximum absolute atomic E-state index is 12.6. The first-order valence-electron chi connectivity index (χ1n) is 6.21. The molecule has 0 bridgehead atoms. The fourth-order valence-electron chi connectivity index (χ4n) is 1.93. The van der Waals surface area contributed by atoms with Crippen LogP contribution in [0.2, 0.25) is 5.02 Å². The maximum Gasteiger partial charge on any atom is 0.244 e. The van der Waals surface area contributed by atoms with E-state index >= 15 is 0 Å². The average molecular weight is 329 g/mol. The molecule has 0 aliphatic carbocycles. The van der Waals surface area contributed by atoms with Crippen LogP contribution >= 0.6 is 11.6 Å².